The van der Waals surface area contributed by atoms with Crippen molar-refractivity contribution < 1.29 is 4.39 Å². The van der Waals surface area contributed by atoms with Crippen molar-refractivity contribution in [3.63, 3.8) is 0 Å². The molecule has 2 heterocycles. The molecule has 0 bridgehead atoms. The van der Waals surface area contributed by atoms with Crippen LogP contribution in [0, 0.1) is 5.82 Å². The smallest absolute Gasteiger partial charge is 0.187 e. The second kappa shape index (κ2) is 3.41. The lowest BCUT2D eigenvalue weighted by Crippen LogP contribution is -2.66. The molecule has 4 nitrogen and oxygen atoms in total. The van der Waals surface area contributed by atoms with Crippen LogP contribution in [0.15, 0.2) is 6.33 Å². The largest absolute Gasteiger partial charge is 0.350 e. The predicted molar refractivity (Wildman–Crippen MR) is 56.2 cm³/mol. The van der Waals surface area contributed by atoms with Crippen molar-refractivity contribution in [1.29, 1.82) is 0 Å². The summed E-state index contributed by atoms with van der Waals surface area (Å²) < 4.78 is 13.8. The fourth-order valence-corrected chi connectivity index (χ4v) is 1.84. The number of rotatable bonds is 2. The van der Waals surface area contributed by atoms with E-state index in [1.54, 1.807) is 0 Å². The zero-order valence-corrected chi connectivity index (χ0v) is 9.00. The van der Waals surface area contributed by atoms with Crippen LogP contribution in [-0.4, -0.2) is 28.6 Å². The maximum Gasteiger partial charge on any atom is 0.187 e. The van der Waals surface area contributed by atoms with Gasteiger partial charge in [0.25, 0.3) is 0 Å². The molecular weight excluding hydrogens is 195 g/mol. The Morgan fingerprint density at radius 1 is 1.53 bits per heavy atom. The van der Waals surface area contributed by atoms with Crippen LogP contribution >= 0.6 is 0 Å². The zero-order chi connectivity index (χ0) is 11.1. The second-order valence-electron chi connectivity index (χ2n) is 4.32. The van der Waals surface area contributed by atoms with Gasteiger partial charge in [-0.05, 0) is 13.3 Å². The Labute approximate surface area is 88.3 Å². The fourth-order valence-electron chi connectivity index (χ4n) is 1.84. The van der Waals surface area contributed by atoms with Crippen LogP contribution in [0.4, 0.5) is 10.2 Å². The third-order valence-corrected chi connectivity index (χ3v) is 2.58. The van der Waals surface area contributed by atoms with Crippen molar-refractivity contribution in [2.24, 2.45) is 5.73 Å². The minimum Gasteiger partial charge on any atom is -0.350 e. The van der Waals surface area contributed by atoms with Gasteiger partial charge in [0.05, 0.1) is 5.69 Å². The summed E-state index contributed by atoms with van der Waals surface area (Å²) in [7, 11) is 0. The fraction of sp³-hybridized carbons (Fsp3) is 0.600. The topological polar surface area (TPSA) is 55.0 Å². The van der Waals surface area contributed by atoms with Gasteiger partial charge in [-0.25, -0.2) is 14.4 Å². The van der Waals surface area contributed by atoms with Gasteiger partial charge in [0.1, 0.15) is 6.33 Å². The van der Waals surface area contributed by atoms with Gasteiger partial charge >= 0.3 is 0 Å². The Kier molecular flexibility index (Phi) is 2.34. The van der Waals surface area contributed by atoms with Crippen LogP contribution in [0.25, 0.3) is 0 Å². The van der Waals surface area contributed by atoms with E-state index in [-0.39, 0.29) is 11.4 Å². The van der Waals surface area contributed by atoms with Gasteiger partial charge in [-0.15, -0.1) is 0 Å². The van der Waals surface area contributed by atoms with Crippen molar-refractivity contribution in [2.75, 3.05) is 18.0 Å². The summed E-state index contributed by atoms with van der Waals surface area (Å²) in [6.45, 7) is 5.11. The molecule has 15 heavy (non-hydrogen) atoms. The summed E-state index contributed by atoms with van der Waals surface area (Å²) in [5.74, 6) is 0.0697. The van der Waals surface area contributed by atoms with Gasteiger partial charge in [0, 0.05) is 18.6 Å². The normalized spacial score (nSPS) is 18.8. The number of nitrogens with two attached hydrogens (primary N) is 1. The molecule has 82 valence electrons. The second-order valence-corrected chi connectivity index (χ2v) is 4.32. The van der Waals surface area contributed by atoms with E-state index in [0.717, 1.165) is 0 Å². The molecule has 1 saturated heterocycles. The highest BCUT2D eigenvalue weighted by Crippen LogP contribution is 2.26. The quantitative estimate of drug-likeness (QED) is 0.781. The maximum absolute atomic E-state index is 13.8. The van der Waals surface area contributed by atoms with Crippen LogP contribution in [0.1, 0.15) is 19.5 Å². The lowest BCUT2D eigenvalue weighted by Gasteiger charge is -2.46. The minimum absolute atomic E-state index is 0.218. The highest BCUT2D eigenvalue weighted by atomic mass is 19.1. The van der Waals surface area contributed by atoms with Gasteiger partial charge < -0.3 is 10.6 Å². The zero-order valence-electron chi connectivity index (χ0n) is 9.00. The Balaban J connectivity index is 2.23. The van der Waals surface area contributed by atoms with Crippen molar-refractivity contribution in [3.8, 4) is 0 Å². The average Bonchev–Trinajstić information content (AvgIpc) is 2.14. The van der Waals surface area contributed by atoms with E-state index in [2.05, 4.69) is 9.97 Å². The molecule has 0 radical (unpaired) electrons. The van der Waals surface area contributed by atoms with Crippen molar-refractivity contribution in [3.05, 3.63) is 17.8 Å². The molecule has 2 rings (SSSR count). The molecule has 1 aromatic heterocycles. The van der Waals surface area contributed by atoms with E-state index in [9.17, 15) is 4.39 Å². The number of halogens is 1. The summed E-state index contributed by atoms with van der Waals surface area (Å²) in [6, 6.07) is 0. The van der Waals surface area contributed by atoms with Crippen LogP contribution in [0.3, 0.4) is 0 Å². The van der Waals surface area contributed by atoms with Crippen molar-refractivity contribution >= 4 is 5.82 Å². The van der Waals surface area contributed by atoms with Crippen molar-refractivity contribution in [2.45, 2.75) is 25.8 Å². The van der Waals surface area contributed by atoms with E-state index >= 15 is 0 Å². The summed E-state index contributed by atoms with van der Waals surface area (Å²) >= 11 is 0. The number of anilines is 1. The molecule has 1 aromatic rings. The van der Waals surface area contributed by atoms with Crippen LogP contribution in [0.5, 0.6) is 0 Å². The van der Waals surface area contributed by atoms with E-state index in [4.69, 9.17) is 5.73 Å². The lowest BCUT2D eigenvalue weighted by molar-refractivity contribution is 0.357. The number of nitrogens with zero attached hydrogens (tertiary/aromatic N) is 3. The number of aromatic nitrogens is 2. The third-order valence-electron chi connectivity index (χ3n) is 2.58. The summed E-state index contributed by atoms with van der Waals surface area (Å²) in [6.07, 6.45) is 1.98. The third kappa shape index (κ3) is 1.79. The lowest BCUT2D eigenvalue weighted by atomic mass is 9.94. The number of aryl methyl sites for hydroxylation is 1. The molecule has 0 amide bonds. The molecule has 2 N–H and O–H groups in total. The Morgan fingerprint density at radius 2 is 2.20 bits per heavy atom. The average molecular weight is 210 g/mol. The molecule has 0 aromatic carbocycles. The van der Waals surface area contributed by atoms with Crippen LogP contribution in [0.2, 0.25) is 0 Å². The molecule has 0 atom stereocenters. The first-order valence-electron chi connectivity index (χ1n) is 5.07. The first-order chi connectivity index (χ1) is 7.03. The number of hydrogen-bond acceptors (Lipinski definition) is 4. The van der Waals surface area contributed by atoms with Gasteiger partial charge in [0.2, 0.25) is 0 Å². The monoisotopic (exact) mass is 210 g/mol. The molecule has 0 saturated carbocycles. The molecule has 1 fully saturated rings. The minimum atomic E-state index is -0.310. The first kappa shape index (κ1) is 10.3. The highest BCUT2D eigenvalue weighted by molar-refractivity contribution is 5.46. The highest BCUT2D eigenvalue weighted by Gasteiger charge is 2.37. The molecule has 0 spiro atoms. The predicted octanol–water partition coefficient (Wildman–Crippen LogP) is 0.715. The Bertz CT molecular complexity index is 370. The van der Waals surface area contributed by atoms with E-state index in [0.29, 0.717) is 31.0 Å². The Hall–Kier alpha value is -1.23. The Morgan fingerprint density at radius 3 is 2.73 bits per heavy atom. The molecule has 0 aliphatic carbocycles. The molecule has 5 heteroatoms. The van der Waals surface area contributed by atoms with Gasteiger partial charge in [-0.3, -0.25) is 0 Å². The van der Waals surface area contributed by atoms with Crippen molar-refractivity contribution in [1.82, 2.24) is 9.97 Å². The summed E-state index contributed by atoms with van der Waals surface area (Å²) in [5.41, 5.74) is 6.11. The SMILES string of the molecule is CCc1ncnc(N2CC(C)(N)C2)c1F. The molecule has 1 aliphatic rings. The van der Waals surface area contributed by atoms with E-state index in [1.807, 2.05) is 18.7 Å². The van der Waals surface area contributed by atoms with Crippen LogP contribution in [-0.2, 0) is 6.42 Å². The molecular formula is C10H15FN4. The number of hydrogen-bond donors (Lipinski definition) is 1. The van der Waals surface area contributed by atoms with E-state index < -0.39 is 0 Å². The van der Waals surface area contributed by atoms with Gasteiger partial charge in [0.15, 0.2) is 11.6 Å². The van der Waals surface area contributed by atoms with Gasteiger partial charge in [-0.1, -0.05) is 6.92 Å². The van der Waals surface area contributed by atoms with Gasteiger partial charge in [-0.2, -0.15) is 0 Å². The summed E-state index contributed by atoms with van der Waals surface area (Å²) in [4.78, 5) is 9.69. The standard InChI is InChI=1S/C10H15FN4/c1-3-7-8(11)9(14-6-13-7)15-4-10(2,12)5-15/h6H,3-5,12H2,1-2H3. The summed E-state index contributed by atoms with van der Waals surface area (Å²) in [5, 5.41) is 0. The van der Waals surface area contributed by atoms with E-state index in [1.165, 1.54) is 6.33 Å². The first-order valence-corrected chi connectivity index (χ1v) is 5.07. The molecule has 0 unspecified atom stereocenters. The maximum atomic E-state index is 13.8. The van der Waals surface area contributed by atoms with Crippen LogP contribution < -0.4 is 10.6 Å². The molecule has 1 aliphatic heterocycles.